The molecule has 20 heavy (non-hydrogen) atoms. The lowest BCUT2D eigenvalue weighted by Gasteiger charge is -2.33. The number of hydrogen-bond donors (Lipinski definition) is 1. The quantitative estimate of drug-likeness (QED) is 0.831. The molecular formula is C16H24BrClN2. The Morgan fingerprint density at radius 3 is 2.70 bits per heavy atom. The molecule has 1 aromatic rings. The second kappa shape index (κ2) is 7.79. The summed E-state index contributed by atoms with van der Waals surface area (Å²) in [5.41, 5.74) is 7.22. The second-order valence-corrected chi connectivity index (χ2v) is 7.15. The lowest BCUT2D eigenvalue weighted by atomic mass is 9.88. The molecule has 112 valence electrons. The topological polar surface area (TPSA) is 29.3 Å². The molecule has 1 saturated carbocycles. The van der Waals surface area contributed by atoms with Crippen molar-refractivity contribution in [2.75, 3.05) is 20.1 Å². The van der Waals surface area contributed by atoms with Gasteiger partial charge in [-0.15, -0.1) is 0 Å². The Morgan fingerprint density at radius 1 is 1.35 bits per heavy atom. The summed E-state index contributed by atoms with van der Waals surface area (Å²) in [7, 11) is 2.18. The summed E-state index contributed by atoms with van der Waals surface area (Å²) in [5, 5.41) is 0.771. The number of likely N-dealkylation sites (N-methyl/N-ethyl adjacent to an activating group) is 1. The average Bonchev–Trinajstić information content (AvgIpc) is 2.44. The van der Waals surface area contributed by atoms with Gasteiger partial charge in [0.25, 0.3) is 0 Å². The molecule has 2 rings (SSSR count). The van der Waals surface area contributed by atoms with Crippen LogP contribution >= 0.6 is 27.5 Å². The molecule has 1 unspecified atom stereocenters. The highest BCUT2D eigenvalue weighted by atomic mass is 79.9. The minimum absolute atomic E-state index is 0.227. The summed E-state index contributed by atoms with van der Waals surface area (Å²) in [6, 6.07) is 6.17. The van der Waals surface area contributed by atoms with Crippen LogP contribution in [0.25, 0.3) is 0 Å². The molecule has 1 aliphatic rings. The number of benzene rings is 1. The van der Waals surface area contributed by atoms with Crippen molar-refractivity contribution >= 4 is 27.5 Å². The summed E-state index contributed by atoms with van der Waals surface area (Å²) in [6.45, 7) is 1.74. The van der Waals surface area contributed by atoms with Crippen LogP contribution in [-0.2, 0) is 0 Å². The third kappa shape index (κ3) is 4.20. The van der Waals surface area contributed by atoms with Gasteiger partial charge in [-0.2, -0.15) is 0 Å². The van der Waals surface area contributed by atoms with Crippen LogP contribution in [0, 0.1) is 5.92 Å². The van der Waals surface area contributed by atoms with Gasteiger partial charge in [0.1, 0.15) is 0 Å². The van der Waals surface area contributed by atoms with Gasteiger partial charge in [0.05, 0.1) is 0 Å². The molecule has 0 bridgehead atoms. The molecule has 1 aliphatic carbocycles. The second-order valence-electron chi connectivity index (χ2n) is 5.86. The van der Waals surface area contributed by atoms with Crippen LogP contribution in [-0.4, -0.2) is 25.0 Å². The summed E-state index contributed by atoms with van der Waals surface area (Å²) >= 11 is 9.76. The zero-order chi connectivity index (χ0) is 14.5. The summed E-state index contributed by atoms with van der Waals surface area (Å²) in [5.74, 6) is 0.820. The first-order chi connectivity index (χ1) is 9.61. The van der Waals surface area contributed by atoms with Crippen molar-refractivity contribution in [2.45, 2.75) is 38.1 Å². The lowest BCUT2D eigenvalue weighted by Crippen LogP contribution is -2.35. The molecule has 0 saturated heterocycles. The van der Waals surface area contributed by atoms with E-state index in [1.807, 2.05) is 18.2 Å². The molecule has 0 heterocycles. The van der Waals surface area contributed by atoms with Gasteiger partial charge >= 0.3 is 0 Å². The Balaban J connectivity index is 2.07. The Bertz CT molecular complexity index is 432. The third-order valence-corrected chi connectivity index (χ3v) is 5.30. The van der Waals surface area contributed by atoms with Crippen LogP contribution in [0.3, 0.4) is 0 Å². The van der Waals surface area contributed by atoms with E-state index < -0.39 is 0 Å². The van der Waals surface area contributed by atoms with E-state index in [-0.39, 0.29) is 6.04 Å². The van der Waals surface area contributed by atoms with Crippen molar-refractivity contribution in [1.29, 1.82) is 0 Å². The third-order valence-electron chi connectivity index (χ3n) is 4.34. The van der Waals surface area contributed by atoms with Crippen molar-refractivity contribution in [3.05, 3.63) is 33.3 Å². The van der Waals surface area contributed by atoms with Crippen LogP contribution in [0.2, 0.25) is 5.02 Å². The molecule has 2 N–H and O–H groups in total. The number of halogens is 2. The van der Waals surface area contributed by atoms with Gasteiger partial charge in [-0.1, -0.05) is 46.8 Å². The van der Waals surface area contributed by atoms with Crippen LogP contribution in [0.5, 0.6) is 0 Å². The van der Waals surface area contributed by atoms with Gasteiger partial charge in [0, 0.05) is 28.6 Å². The number of nitrogens with zero attached hydrogens (tertiary/aromatic N) is 1. The van der Waals surface area contributed by atoms with E-state index in [0.717, 1.165) is 22.0 Å². The molecule has 0 spiro atoms. The molecule has 4 heteroatoms. The van der Waals surface area contributed by atoms with Crippen molar-refractivity contribution < 1.29 is 0 Å². The Morgan fingerprint density at radius 2 is 2.05 bits per heavy atom. The Labute approximate surface area is 135 Å². The van der Waals surface area contributed by atoms with E-state index >= 15 is 0 Å². The number of hydrogen-bond acceptors (Lipinski definition) is 2. The zero-order valence-corrected chi connectivity index (χ0v) is 14.5. The first-order valence-electron chi connectivity index (χ1n) is 7.47. The molecule has 0 aromatic heterocycles. The van der Waals surface area contributed by atoms with E-state index in [1.54, 1.807) is 0 Å². The van der Waals surface area contributed by atoms with Crippen LogP contribution in [0.15, 0.2) is 22.7 Å². The zero-order valence-electron chi connectivity index (χ0n) is 12.1. The van der Waals surface area contributed by atoms with E-state index in [2.05, 4.69) is 27.9 Å². The van der Waals surface area contributed by atoms with Gasteiger partial charge in [-0.25, -0.2) is 0 Å². The SMILES string of the molecule is CN(CC1CCCCC1)C(CN)c1cc(Cl)ccc1Br. The van der Waals surface area contributed by atoms with Crippen molar-refractivity contribution in [3.63, 3.8) is 0 Å². The van der Waals surface area contributed by atoms with E-state index in [0.29, 0.717) is 6.54 Å². The van der Waals surface area contributed by atoms with Crippen LogP contribution < -0.4 is 5.73 Å². The minimum atomic E-state index is 0.227. The fourth-order valence-electron chi connectivity index (χ4n) is 3.22. The molecule has 0 radical (unpaired) electrons. The van der Waals surface area contributed by atoms with E-state index in [1.165, 1.54) is 37.7 Å². The first-order valence-corrected chi connectivity index (χ1v) is 8.64. The van der Waals surface area contributed by atoms with Crippen molar-refractivity contribution in [2.24, 2.45) is 11.7 Å². The first kappa shape index (κ1) is 16.3. The fraction of sp³-hybridized carbons (Fsp3) is 0.625. The minimum Gasteiger partial charge on any atom is -0.329 e. The smallest absolute Gasteiger partial charge is 0.0479 e. The van der Waals surface area contributed by atoms with E-state index in [4.69, 9.17) is 17.3 Å². The highest BCUT2D eigenvalue weighted by Crippen LogP contribution is 2.31. The standard InChI is InChI=1S/C16H24BrClN2/c1-20(11-12-5-3-2-4-6-12)16(10-19)14-9-13(18)7-8-15(14)17/h7-9,12,16H,2-6,10-11,19H2,1H3. The maximum atomic E-state index is 6.13. The molecular weight excluding hydrogens is 336 g/mol. The van der Waals surface area contributed by atoms with Crippen molar-refractivity contribution in [1.82, 2.24) is 4.90 Å². The van der Waals surface area contributed by atoms with Gasteiger partial charge in [0.15, 0.2) is 0 Å². The summed E-state index contributed by atoms with van der Waals surface area (Å²) in [6.07, 6.45) is 6.89. The van der Waals surface area contributed by atoms with Crippen LogP contribution in [0.1, 0.15) is 43.7 Å². The molecule has 0 aliphatic heterocycles. The van der Waals surface area contributed by atoms with Gasteiger partial charge < -0.3 is 5.73 Å². The average molecular weight is 360 g/mol. The molecule has 2 nitrogen and oxygen atoms in total. The maximum Gasteiger partial charge on any atom is 0.0479 e. The highest BCUT2D eigenvalue weighted by molar-refractivity contribution is 9.10. The Hall–Kier alpha value is -0.0900. The summed E-state index contributed by atoms with van der Waals surface area (Å²) < 4.78 is 1.09. The largest absolute Gasteiger partial charge is 0.329 e. The Kier molecular flexibility index (Phi) is 6.34. The molecule has 1 fully saturated rings. The summed E-state index contributed by atoms with van der Waals surface area (Å²) in [4.78, 5) is 2.40. The lowest BCUT2D eigenvalue weighted by molar-refractivity contribution is 0.185. The van der Waals surface area contributed by atoms with Crippen LogP contribution in [0.4, 0.5) is 0 Å². The molecule has 1 atom stereocenters. The number of nitrogens with two attached hydrogens (primary N) is 1. The van der Waals surface area contributed by atoms with Gasteiger partial charge in [-0.05, 0) is 49.6 Å². The monoisotopic (exact) mass is 358 g/mol. The normalized spacial score (nSPS) is 18.4. The number of rotatable bonds is 5. The predicted molar refractivity (Wildman–Crippen MR) is 90.2 cm³/mol. The fourth-order valence-corrected chi connectivity index (χ4v) is 3.91. The molecule has 1 aromatic carbocycles. The highest BCUT2D eigenvalue weighted by Gasteiger charge is 2.22. The van der Waals surface area contributed by atoms with E-state index in [9.17, 15) is 0 Å². The predicted octanol–water partition coefficient (Wildman–Crippen LogP) is 4.61. The van der Waals surface area contributed by atoms with Crippen molar-refractivity contribution in [3.8, 4) is 0 Å². The van der Waals surface area contributed by atoms with Gasteiger partial charge in [0.2, 0.25) is 0 Å². The van der Waals surface area contributed by atoms with Gasteiger partial charge in [-0.3, -0.25) is 4.90 Å². The molecule has 0 amide bonds. The maximum absolute atomic E-state index is 6.13.